The number of benzene rings is 1. The van der Waals surface area contributed by atoms with Crippen molar-refractivity contribution in [2.24, 2.45) is 0 Å². The number of hydrogen-bond donors (Lipinski definition) is 1. The average molecular weight is 422 g/mol. The Bertz CT molecular complexity index is 735. The largest absolute Gasteiger partial charge is 0.353 e. The summed E-state index contributed by atoms with van der Waals surface area (Å²) in [4.78, 5) is 14.0. The summed E-state index contributed by atoms with van der Waals surface area (Å²) in [6.07, 6.45) is 1.96. The molecule has 0 aromatic heterocycles. The molecule has 1 aliphatic rings. The molecule has 0 bridgehead atoms. The number of carbonyl (C=O) groups is 1. The van der Waals surface area contributed by atoms with Crippen molar-refractivity contribution >= 4 is 39.1 Å². The molecule has 1 heterocycles. The maximum Gasteiger partial charge on any atom is 0.244 e. The number of sulfonamides is 1. The lowest BCUT2D eigenvalue weighted by Crippen LogP contribution is -2.51. The number of hydrogen-bond acceptors (Lipinski definition) is 4. The van der Waals surface area contributed by atoms with Crippen LogP contribution in [0.1, 0.15) is 26.7 Å². The Hall–Kier alpha value is -0.860. The van der Waals surface area contributed by atoms with Crippen LogP contribution in [-0.4, -0.2) is 62.3 Å². The Kier molecular flexibility index (Phi) is 7.73. The highest BCUT2D eigenvalue weighted by Crippen LogP contribution is 2.28. The van der Waals surface area contributed by atoms with Gasteiger partial charge in [0.25, 0.3) is 0 Å². The van der Waals surface area contributed by atoms with Crippen LogP contribution in [0.4, 0.5) is 0 Å². The number of amides is 1. The molecule has 1 fully saturated rings. The van der Waals surface area contributed by atoms with Gasteiger partial charge in [0.1, 0.15) is 4.90 Å². The molecule has 6 nitrogen and oxygen atoms in total. The quantitative estimate of drug-likeness (QED) is 0.734. The summed E-state index contributed by atoms with van der Waals surface area (Å²) in [7, 11) is -3.70. The number of nitrogens with zero attached hydrogens (tertiary/aromatic N) is 2. The lowest BCUT2D eigenvalue weighted by molar-refractivity contribution is -0.123. The number of piperazine rings is 1. The molecule has 2 rings (SSSR count). The summed E-state index contributed by atoms with van der Waals surface area (Å²) in [5.41, 5.74) is 0. The van der Waals surface area contributed by atoms with Gasteiger partial charge in [-0.3, -0.25) is 9.69 Å². The summed E-state index contributed by atoms with van der Waals surface area (Å²) < 4.78 is 27.0. The first kappa shape index (κ1) is 21.4. The van der Waals surface area contributed by atoms with Gasteiger partial charge >= 0.3 is 0 Å². The van der Waals surface area contributed by atoms with E-state index < -0.39 is 10.0 Å². The van der Waals surface area contributed by atoms with E-state index in [0.717, 1.165) is 12.8 Å². The predicted octanol–water partition coefficient (Wildman–Crippen LogP) is 2.60. The van der Waals surface area contributed by atoms with E-state index in [2.05, 4.69) is 12.2 Å². The van der Waals surface area contributed by atoms with Crippen molar-refractivity contribution < 1.29 is 13.2 Å². The molecule has 1 aromatic rings. The first-order chi connectivity index (χ1) is 12.2. The molecule has 1 aliphatic heterocycles. The van der Waals surface area contributed by atoms with E-state index in [1.54, 1.807) is 6.07 Å². The first-order valence-electron chi connectivity index (χ1n) is 8.71. The highest BCUT2D eigenvalue weighted by molar-refractivity contribution is 7.89. The Morgan fingerprint density at radius 3 is 2.50 bits per heavy atom. The fourth-order valence-corrected chi connectivity index (χ4v) is 5.13. The van der Waals surface area contributed by atoms with E-state index in [1.807, 2.05) is 11.8 Å². The number of carbonyl (C=O) groups excluding carboxylic acids is 1. The fraction of sp³-hybridized carbons (Fsp3) is 0.588. The van der Waals surface area contributed by atoms with Crippen LogP contribution in [0.5, 0.6) is 0 Å². The van der Waals surface area contributed by atoms with Gasteiger partial charge in [-0.05, 0) is 31.5 Å². The molecular formula is C17H25Cl2N3O3S. The van der Waals surface area contributed by atoms with Gasteiger partial charge in [0.2, 0.25) is 15.9 Å². The Balaban J connectivity index is 1.93. The van der Waals surface area contributed by atoms with Crippen LogP contribution in [0.25, 0.3) is 0 Å². The monoisotopic (exact) mass is 421 g/mol. The molecule has 9 heteroatoms. The predicted molar refractivity (Wildman–Crippen MR) is 104 cm³/mol. The minimum absolute atomic E-state index is 0.0197. The van der Waals surface area contributed by atoms with Crippen LogP contribution in [-0.2, 0) is 14.8 Å². The third-order valence-electron chi connectivity index (χ3n) is 4.34. The van der Waals surface area contributed by atoms with Crippen LogP contribution in [0.15, 0.2) is 23.1 Å². The molecule has 0 spiro atoms. The topological polar surface area (TPSA) is 69.7 Å². The number of halogens is 2. The van der Waals surface area contributed by atoms with E-state index in [1.165, 1.54) is 16.4 Å². The SMILES string of the molecule is CCC[C@@H](C)NC(=O)CN1CCN(S(=O)(=O)c2cc(Cl)ccc2Cl)CC1. The smallest absolute Gasteiger partial charge is 0.244 e. The highest BCUT2D eigenvalue weighted by atomic mass is 35.5. The number of rotatable bonds is 7. The van der Waals surface area contributed by atoms with Crippen LogP contribution in [0.3, 0.4) is 0 Å². The summed E-state index contributed by atoms with van der Waals surface area (Å²) in [5, 5.41) is 3.44. The van der Waals surface area contributed by atoms with Gasteiger partial charge in [0.05, 0.1) is 11.6 Å². The van der Waals surface area contributed by atoms with E-state index in [9.17, 15) is 13.2 Å². The fourth-order valence-electron chi connectivity index (χ4n) is 2.97. The van der Waals surface area contributed by atoms with Gasteiger partial charge in [-0.1, -0.05) is 36.5 Å². The van der Waals surface area contributed by atoms with Gasteiger partial charge in [-0.15, -0.1) is 0 Å². The van der Waals surface area contributed by atoms with E-state index >= 15 is 0 Å². The third-order valence-corrected chi connectivity index (χ3v) is 6.95. The van der Waals surface area contributed by atoms with Gasteiger partial charge in [-0.25, -0.2) is 8.42 Å². The lowest BCUT2D eigenvalue weighted by atomic mass is 10.2. The van der Waals surface area contributed by atoms with E-state index in [4.69, 9.17) is 23.2 Å². The first-order valence-corrected chi connectivity index (χ1v) is 10.9. The zero-order valence-electron chi connectivity index (χ0n) is 15.0. The molecule has 0 radical (unpaired) electrons. The normalized spacial score (nSPS) is 17.8. The van der Waals surface area contributed by atoms with Crippen molar-refractivity contribution in [1.82, 2.24) is 14.5 Å². The van der Waals surface area contributed by atoms with Gasteiger partial charge in [-0.2, -0.15) is 4.31 Å². The van der Waals surface area contributed by atoms with Crippen molar-refractivity contribution in [2.45, 2.75) is 37.6 Å². The summed E-state index contributed by atoms with van der Waals surface area (Å²) in [6, 6.07) is 4.56. The number of nitrogens with one attached hydrogen (secondary N) is 1. The average Bonchev–Trinajstić information content (AvgIpc) is 2.57. The van der Waals surface area contributed by atoms with Crippen LogP contribution in [0.2, 0.25) is 10.0 Å². The molecule has 1 N–H and O–H groups in total. The molecular weight excluding hydrogens is 397 g/mol. The standard InChI is InChI=1S/C17H25Cl2N3O3S/c1-3-4-13(2)20-17(23)12-21-7-9-22(10-8-21)26(24,25)16-11-14(18)5-6-15(16)19/h5-6,11,13H,3-4,7-10,12H2,1-2H3,(H,20,23)/t13-/m1/s1. The van der Waals surface area contributed by atoms with Gasteiger partial charge < -0.3 is 5.32 Å². The molecule has 0 unspecified atom stereocenters. The Morgan fingerprint density at radius 2 is 1.88 bits per heavy atom. The summed E-state index contributed by atoms with van der Waals surface area (Å²) >= 11 is 12.0. The molecule has 1 atom stereocenters. The molecule has 146 valence electrons. The van der Waals surface area contributed by atoms with Crippen LogP contribution >= 0.6 is 23.2 Å². The second-order valence-corrected chi connectivity index (χ2v) is 9.26. The van der Waals surface area contributed by atoms with Crippen LogP contribution < -0.4 is 5.32 Å². The third kappa shape index (κ3) is 5.57. The molecule has 0 aliphatic carbocycles. The summed E-state index contributed by atoms with van der Waals surface area (Å²) in [5.74, 6) is -0.0276. The zero-order valence-corrected chi connectivity index (χ0v) is 17.4. The Labute approximate surface area is 165 Å². The van der Waals surface area contributed by atoms with Gasteiger partial charge in [0.15, 0.2) is 0 Å². The molecule has 26 heavy (non-hydrogen) atoms. The minimum Gasteiger partial charge on any atom is -0.353 e. The maximum absolute atomic E-state index is 12.8. The van der Waals surface area contributed by atoms with Gasteiger partial charge in [0, 0.05) is 37.2 Å². The second kappa shape index (κ2) is 9.37. The molecule has 0 saturated carbocycles. The van der Waals surface area contributed by atoms with Crippen molar-refractivity contribution in [3.8, 4) is 0 Å². The van der Waals surface area contributed by atoms with E-state index in [-0.39, 0.29) is 28.4 Å². The molecule has 1 amide bonds. The van der Waals surface area contributed by atoms with Crippen molar-refractivity contribution in [3.63, 3.8) is 0 Å². The zero-order chi connectivity index (χ0) is 19.3. The lowest BCUT2D eigenvalue weighted by Gasteiger charge is -2.33. The molecule has 1 aromatic carbocycles. The molecule has 1 saturated heterocycles. The highest BCUT2D eigenvalue weighted by Gasteiger charge is 2.30. The second-order valence-electron chi connectivity index (χ2n) is 6.51. The van der Waals surface area contributed by atoms with Crippen LogP contribution in [0, 0.1) is 0 Å². The Morgan fingerprint density at radius 1 is 1.23 bits per heavy atom. The van der Waals surface area contributed by atoms with E-state index in [0.29, 0.717) is 31.2 Å². The summed E-state index contributed by atoms with van der Waals surface area (Å²) in [6.45, 7) is 5.95. The van der Waals surface area contributed by atoms with Crippen molar-refractivity contribution in [3.05, 3.63) is 28.2 Å². The maximum atomic E-state index is 12.8. The van der Waals surface area contributed by atoms with Crippen molar-refractivity contribution in [1.29, 1.82) is 0 Å². The van der Waals surface area contributed by atoms with Crippen molar-refractivity contribution in [2.75, 3.05) is 32.7 Å². The minimum atomic E-state index is -3.70.